The molecule has 2 aromatic heterocycles. The molecule has 528 valence electrons. The predicted molar refractivity (Wildman–Crippen MR) is 386 cm³/mol. The Hall–Kier alpha value is -8.95. The summed E-state index contributed by atoms with van der Waals surface area (Å²) in [5.74, 6) is 3.45. The van der Waals surface area contributed by atoms with Crippen LogP contribution in [0.3, 0.4) is 0 Å². The second-order valence-corrected chi connectivity index (χ2v) is 28.6. The number of fused-ring (bicyclic) bond motifs is 8. The summed E-state index contributed by atoms with van der Waals surface area (Å²) in [5, 5.41) is 0.675. The van der Waals surface area contributed by atoms with E-state index < -0.39 is 16.9 Å². The summed E-state index contributed by atoms with van der Waals surface area (Å²) in [4.78, 5) is 124. The van der Waals surface area contributed by atoms with Crippen LogP contribution in [0.15, 0.2) is 65.6 Å². The summed E-state index contributed by atoms with van der Waals surface area (Å²) in [5.41, 5.74) is 10.6. The van der Waals surface area contributed by atoms with Gasteiger partial charge in [-0.25, -0.2) is 29.7 Å². The Labute approximate surface area is 578 Å². The van der Waals surface area contributed by atoms with E-state index in [2.05, 4.69) is 101 Å². The number of aryl methyl sites for hydroxylation is 7. The van der Waals surface area contributed by atoms with Crippen molar-refractivity contribution in [2.75, 3.05) is 29.5 Å². The number of rotatable bonds is 26. The number of nitrogens with zero attached hydrogens (tertiary/aromatic N) is 9. The standard InChI is InChI=1S/C28H36N4O3.C25H32N4O3.C24H32N4O4/c1-17-12-23-24(13-18(17)2)32(27-26(31-23)28(34)30-19(3)29-27)11-7-5-4-6-8-25(33)35-16-22-15-20-9-10-21(22)14-20;1-16-14-20-21(15-17(16)2)29(24-23(28-20)25(31)27-18(3)26-24)13-9-5-4-6-12-22(30)32-19-10-7-8-11-19;1-6-24(4,5)32-19(29)11-9-7-8-10-12-28-18-14-16(3)15(2)13-17(18)25-20-21(28)26-23(31)27-22(20)30/h12-13,20-22H,3-11,14-16H2,1-2H3,(H,30,34);14-15,19H,3-13H2,1-2H3,(H,27,31);13-14H,6-12H2,1-5H3,(H,27,30,31). The lowest BCUT2D eigenvalue weighted by Gasteiger charge is -2.28. The third kappa shape index (κ3) is 18.5. The fourth-order valence-electron chi connectivity index (χ4n) is 14.2. The molecule has 12 rings (SSSR count). The van der Waals surface area contributed by atoms with Crippen LogP contribution in [-0.2, 0) is 35.1 Å². The number of hydrogen-bond donors (Lipinski definition) is 3. The minimum atomic E-state index is -0.672. The fourth-order valence-corrected chi connectivity index (χ4v) is 14.2. The van der Waals surface area contributed by atoms with Crippen LogP contribution in [-0.4, -0.2) is 88.8 Å². The third-order valence-electron chi connectivity index (χ3n) is 20.5. The normalized spacial score (nSPS) is 16.6. The highest BCUT2D eigenvalue weighted by Gasteiger charge is 2.40. The molecule has 3 atom stereocenters. The van der Waals surface area contributed by atoms with Crippen molar-refractivity contribution in [2.45, 2.75) is 235 Å². The molecule has 5 aromatic rings. The van der Waals surface area contributed by atoms with Crippen LogP contribution in [0.4, 0.5) is 34.4 Å². The maximum Gasteiger partial charge on any atom is 0.349 e. The van der Waals surface area contributed by atoms with Crippen molar-refractivity contribution < 1.29 is 28.6 Å². The Kier molecular flexibility index (Phi) is 24.1. The van der Waals surface area contributed by atoms with Gasteiger partial charge in [-0.15, -0.1) is 0 Å². The second-order valence-electron chi connectivity index (χ2n) is 28.6. The molecule has 22 nitrogen and oxygen atoms in total. The number of anilines is 4. The lowest BCUT2D eigenvalue weighted by Crippen LogP contribution is -2.42. The smallest absolute Gasteiger partial charge is 0.349 e. The largest absolute Gasteiger partial charge is 0.465 e. The topological polar surface area (TPSA) is 282 Å². The first kappa shape index (κ1) is 72.8. The average molecular weight is 1350 g/mol. The van der Waals surface area contributed by atoms with Gasteiger partial charge in [-0.2, -0.15) is 4.98 Å². The molecule has 4 aliphatic heterocycles. The van der Waals surface area contributed by atoms with Crippen molar-refractivity contribution in [3.8, 4) is 11.5 Å². The Morgan fingerprint density at radius 1 is 0.556 bits per heavy atom. The van der Waals surface area contributed by atoms with Crippen LogP contribution in [0.5, 0.6) is 0 Å². The number of hydrogen-bond acceptors (Lipinski definition) is 18. The van der Waals surface area contributed by atoms with Crippen molar-refractivity contribution in [1.29, 1.82) is 0 Å². The predicted octanol–water partition coefficient (Wildman–Crippen LogP) is 11.6. The molecule has 6 heterocycles. The molecular formula is C77H100N12O10. The average Bonchev–Trinajstić information content (AvgIpc) is 1.74. The molecule has 2 bridgehead atoms. The van der Waals surface area contributed by atoms with Gasteiger partial charge in [0.2, 0.25) is 0 Å². The molecule has 0 spiro atoms. The number of aromatic amines is 3. The third-order valence-corrected chi connectivity index (χ3v) is 20.5. The van der Waals surface area contributed by atoms with Gasteiger partial charge in [-0.05, 0) is 233 Å². The monoisotopic (exact) mass is 1350 g/mol. The molecule has 0 saturated heterocycles. The zero-order valence-corrected chi connectivity index (χ0v) is 59.6. The fraction of sp³-hybridized carbons (Fsp3) is 0.545. The van der Waals surface area contributed by atoms with E-state index >= 15 is 0 Å². The summed E-state index contributed by atoms with van der Waals surface area (Å²) in [6.45, 7) is 28.4. The van der Waals surface area contributed by atoms with Crippen molar-refractivity contribution >= 4 is 76.5 Å². The molecule has 3 unspecified atom stereocenters. The second kappa shape index (κ2) is 32.8. The Morgan fingerprint density at radius 3 is 1.60 bits per heavy atom. The van der Waals surface area contributed by atoms with Gasteiger partial charge in [-0.3, -0.25) is 33.8 Å². The SMILES string of the molecule is C=c1nc2c(c(=O)[nH]1)=Nc1cc(C)c(C)cc1N2CCCCCCC(=O)OC1CCCC1.C=c1nc2c(c(=O)[nH]1)=Nc1cc(C)c(C)cc1N2CCCCCCC(=O)OCC1CC2CCC1C2.CCC(C)(C)OC(=O)CCCCCCn1c2nc(=O)[nH]c(=O)c-2nc2cc(C)c(C)cc21. The number of carbonyl (C=O) groups excluding carboxylic acids is 3. The quantitative estimate of drug-likeness (QED) is 0.0197. The van der Waals surface area contributed by atoms with E-state index in [1.54, 1.807) is 0 Å². The number of aromatic nitrogens is 8. The van der Waals surface area contributed by atoms with E-state index in [1.165, 1.54) is 49.7 Å². The van der Waals surface area contributed by atoms with Crippen LogP contribution in [0.25, 0.3) is 35.7 Å². The number of esters is 3. The zero-order chi connectivity index (χ0) is 70.7. The van der Waals surface area contributed by atoms with Gasteiger partial charge in [0.1, 0.15) is 22.7 Å². The Bertz CT molecular complexity index is 4570. The molecule has 0 amide bonds. The Balaban J connectivity index is 0.000000161. The first-order valence-corrected chi connectivity index (χ1v) is 36.0. The van der Waals surface area contributed by atoms with Crippen LogP contribution in [0, 0.1) is 59.3 Å². The number of H-pyrrole nitrogens is 3. The Morgan fingerprint density at radius 2 is 1.06 bits per heavy atom. The van der Waals surface area contributed by atoms with Crippen LogP contribution >= 0.6 is 0 Å². The van der Waals surface area contributed by atoms with E-state index in [0.717, 1.165) is 172 Å². The number of benzene rings is 3. The molecule has 99 heavy (non-hydrogen) atoms. The summed E-state index contributed by atoms with van der Waals surface area (Å²) in [6.07, 6.45) is 22.8. The first-order chi connectivity index (χ1) is 47.4. The van der Waals surface area contributed by atoms with Crippen LogP contribution in [0.2, 0.25) is 0 Å². The minimum Gasteiger partial charge on any atom is -0.465 e. The molecule has 0 radical (unpaired) electrons. The summed E-state index contributed by atoms with van der Waals surface area (Å²) < 4.78 is 18.5. The van der Waals surface area contributed by atoms with Gasteiger partial charge >= 0.3 is 23.6 Å². The van der Waals surface area contributed by atoms with Gasteiger partial charge in [0.05, 0.1) is 40.4 Å². The summed E-state index contributed by atoms with van der Waals surface area (Å²) in [6, 6.07) is 12.3. The lowest BCUT2D eigenvalue weighted by atomic mass is 9.89. The molecule has 3 N–H and O–H groups in total. The van der Waals surface area contributed by atoms with Crippen molar-refractivity contribution in [1.82, 2.24) is 39.5 Å². The van der Waals surface area contributed by atoms with Gasteiger partial charge in [0, 0.05) is 38.9 Å². The van der Waals surface area contributed by atoms with Gasteiger partial charge < -0.3 is 38.5 Å². The van der Waals surface area contributed by atoms with Crippen molar-refractivity contribution in [3.63, 3.8) is 0 Å². The lowest BCUT2D eigenvalue weighted by molar-refractivity contribution is -0.157. The maximum absolute atomic E-state index is 12.5. The highest BCUT2D eigenvalue weighted by Crippen LogP contribution is 2.48. The number of carbonyl (C=O) groups is 3. The number of unbranched alkanes of at least 4 members (excludes halogenated alkanes) is 9. The van der Waals surface area contributed by atoms with E-state index in [1.807, 2.05) is 70.4 Å². The number of ether oxygens (including phenoxy) is 3. The molecule has 3 aliphatic carbocycles. The van der Waals surface area contributed by atoms with Crippen LogP contribution in [0.1, 0.15) is 208 Å². The van der Waals surface area contributed by atoms with E-state index in [4.69, 9.17) is 14.2 Å². The highest BCUT2D eigenvalue weighted by atomic mass is 16.6. The summed E-state index contributed by atoms with van der Waals surface area (Å²) in [7, 11) is 0. The minimum absolute atomic E-state index is 0.0504. The molecule has 22 heteroatoms. The molecule has 7 aliphatic rings. The first-order valence-electron chi connectivity index (χ1n) is 36.0. The van der Waals surface area contributed by atoms with Crippen molar-refractivity contribution in [3.05, 3.63) is 133 Å². The van der Waals surface area contributed by atoms with Gasteiger partial charge in [-0.1, -0.05) is 65.0 Å². The van der Waals surface area contributed by atoms with E-state index in [9.17, 15) is 33.6 Å². The summed E-state index contributed by atoms with van der Waals surface area (Å²) >= 11 is 0. The number of nitrogens with one attached hydrogen (secondary N) is 3. The molecular weight excluding hydrogens is 1250 g/mol. The van der Waals surface area contributed by atoms with Gasteiger partial charge in [0.25, 0.3) is 16.7 Å². The van der Waals surface area contributed by atoms with Crippen molar-refractivity contribution in [2.24, 2.45) is 27.7 Å². The van der Waals surface area contributed by atoms with E-state index in [0.29, 0.717) is 83.0 Å². The zero-order valence-electron chi connectivity index (χ0n) is 59.6. The van der Waals surface area contributed by atoms with Gasteiger partial charge in [0.15, 0.2) is 33.9 Å². The molecule has 3 fully saturated rings. The van der Waals surface area contributed by atoms with Crippen LogP contribution < -0.4 is 53.8 Å². The van der Waals surface area contributed by atoms with E-state index in [-0.39, 0.29) is 40.8 Å². The highest BCUT2D eigenvalue weighted by molar-refractivity contribution is 5.82. The molecule has 3 aromatic carbocycles. The molecule has 3 saturated carbocycles. The maximum atomic E-state index is 12.5.